The fraction of sp³-hybridized carbons (Fsp3) is 0.304. The smallest absolute Gasteiger partial charge is 0.416 e. The minimum atomic E-state index is -4.42. The minimum absolute atomic E-state index is 0.146. The third-order valence-electron chi connectivity index (χ3n) is 5.56. The van der Waals surface area contributed by atoms with Crippen molar-refractivity contribution in [1.29, 1.82) is 0 Å². The number of hydrogen-bond donors (Lipinski definition) is 2. The molecule has 0 aliphatic carbocycles. The summed E-state index contributed by atoms with van der Waals surface area (Å²) in [5, 5.41) is 6.16. The van der Waals surface area contributed by atoms with Crippen molar-refractivity contribution >= 4 is 28.6 Å². The number of benzene rings is 2. The highest BCUT2D eigenvalue weighted by molar-refractivity contribution is 5.96. The average molecular weight is 445 g/mol. The number of likely N-dealkylation sites (tertiary alicyclic amines) is 1. The first-order valence-electron chi connectivity index (χ1n) is 10.3. The predicted molar refractivity (Wildman–Crippen MR) is 113 cm³/mol. The van der Waals surface area contributed by atoms with Crippen molar-refractivity contribution in [3.63, 3.8) is 0 Å². The Morgan fingerprint density at radius 3 is 2.38 bits per heavy atom. The molecule has 2 heterocycles. The summed E-state index contributed by atoms with van der Waals surface area (Å²) in [6.45, 7) is 1.53. The molecule has 3 aromatic rings. The molecule has 2 N–H and O–H groups in total. The first kappa shape index (κ1) is 21.7. The van der Waals surface area contributed by atoms with E-state index in [9.17, 15) is 22.8 Å². The number of furan rings is 1. The number of nitrogens with one attached hydrogen (secondary N) is 2. The Labute approximate surface area is 182 Å². The summed E-state index contributed by atoms with van der Waals surface area (Å²) in [6.07, 6.45) is -2.96. The van der Waals surface area contributed by atoms with E-state index in [0.29, 0.717) is 31.0 Å². The number of anilines is 1. The number of alkyl halides is 3. The van der Waals surface area contributed by atoms with Crippen LogP contribution in [-0.4, -0.2) is 36.5 Å². The number of halogens is 3. The Morgan fingerprint density at radius 1 is 1.03 bits per heavy atom. The highest BCUT2D eigenvalue weighted by Gasteiger charge is 2.30. The van der Waals surface area contributed by atoms with Gasteiger partial charge in [0, 0.05) is 30.7 Å². The lowest BCUT2D eigenvalue weighted by Crippen LogP contribution is -2.42. The number of para-hydroxylation sites is 1. The number of urea groups is 1. The molecule has 1 fully saturated rings. The van der Waals surface area contributed by atoms with Crippen molar-refractivity contribution < 1.29 is 27.2 Å². The third kappa shape index (κ3) is 5.04. The molecule has 0 radical (unpaired) electrons. The standard InChI is InChI=1S/C23H22F3N3O3/c24-23(25,26)17-5-7-18(8-6-17)28-22(31)27-14-15-9-11-29(12-10-15)21(30)20-13-16-3-1-2-4-19(16)32-20/h1-8,13,15H,9-12,14H2,(H2,27,28,31). The van der Waals surface area contributed by atoms with E-state index in [-0.39, 0.29) is 17.5 Å². The Bertz CT molecular complexity index is 1070. The van der Waals surface area contributed by atoms with Crippen LogP contribution >= 0.6 is 0 Å². The normalized spacial score (nSPS) is 15.0. The van der Waals surface area contributed by atoms with E-state index in [1.807, 2.05) is 24.3 Å². The molecule has 0 saturated carbocycles. The molecule has 0 atom stereocenters. The predicted octanol–water partition coefficient (Wildman–Crippen LogP) is 5.13. The number of amides is 3. The molecule has 9 heteroatoms. The van der Waals surface area contributed by atoms with Crippen LogP contribution in [0.15, 0.2) is 59.0 Å². The first-order valence-corrected chi connectivity index (χ1v) is 10.3. The van der Waals surface area contributed by atoms with Gasteiger partial charge in [0.2, 0.25) is 0 Å². The molecule has 4 rings (SSSR count). The Morgan fingerprint density at radius 2 is 1.72 bits per heavy atom. The molecule has 1 saturated heterocycles. The molecular formula is C23H22F3N3O3. The second-order valence-electron chi connectivity index (χ2n) is 7.79. The van der Waals surface area contributed by atoms with Crippen LogP contribution in [0.1, 0.15) is 29.0 Å². The summed E-state index contributed by atoms with van der Waals surface area (Å²) >= 11 is 0. The average Bonchev–Trinajstić information content (AvgIpc) is 3.22. The van der Waals surface area contributed by atoms with Crippen LogP contribution in [0.2, 0.25) is 0 Å². The zero-order valence-corrected chi connectivity index (χ0v) is 17.1. The van der Waals surface area contributed by atoms with Gasteiger partial charge in [-0.05, 0) is 55.2 Å². The van der Waals surface area contributed by atoms with Gasteiger partial charge in [0.05, 0.1) is 5.56 Å². The van der Waals surface area contributed by atoms with Crippen molar-refractivity contribution in [3.05, 3.63) is 65.9 Å². The van der Waals surface area contributed by atoms with Crippen LogP contribution in [0, 0.1) is 5.92 Å². The lowest BCUT2D eigenvalue weighted by molar-refractivity contribution is -0.137. The molecule has 2 aromatic carbocycles. The minimum Gasteiger partial charge on any atom is -0.451 e. The number of piperidine rings is 1. The molecule has 0 unspecified atom stereocenters. The van der Waals surface area contributed by atoms with Crippen molar-refractivity contribution in [2.24, 2.45) is 5.92 Å². The van der Waals surface area contributed by atoms with Crippen LogP contribution < -0.4 is 10.6 Å². The maximum Gasteiger partial charge on any atom is 0.416 e. The number of carbonyl (C=O) groups excluding carboxylic acids is 2. The molecular weight excluding hydrogens is 423 g/mol. The number of fused-ring (bicyclic) bond motifs is 1. The summed E-state index contributed by atoms with van der Waals surface area (Å²) in [5.74, 6) is 0.374. The second-order valence-corrected chi connectivity index (χ2v) is 7.79. The molecule has 168 valence electrons. The Hall–Kier alpha value is -3.49. The van der Waals surface area contributed by atoms with Crippen molar-refractivity contribution in [3.8, 4) is 0 Å². The molecule has 1 aliphatic rings. The van der Waals surface area contributed by atoms with Gasteiger partial charge in [-0.2, -0.15) is 13.2 Å². The van der Waals surface area contributed by atoms with Gasteiger partial charge >= 0.3 is 12.2 Å². The van der Waals surface area contributed by atoms with Gasteiger partial charge in [-0.1, -0.05) is 18.2 Å². The van der Waals surface area contributed by atoms with E-state index in [0.717, 1.165) is 30.4 Å². The van der Waals surface area contributed by atoms with E-state index in [1.165, 1.54) is 12.1 Å². The Kier molecular flexibility index (Phi) is 6.07. The SMILES string of the molecule is O=C(NCC1CCN(C(=O)c2cc3ccccc3o2)CC1)Nc1ccc(C(F)(F)F)cc1. The topological polar surface area (TPSA) is 74.6 Å². The molecule has 3 amide bonds. The monoisotopic (exact) mass is 445 g/mol. The maximum atomic E-state index is 12.7. The molecule has 0 bridgehead atoms. The van der Waals surface area contributed by atoms with Gasteiger partial charge in [-0.3, -0.25) is 4.79 Å². The summed E-state index contributed by atoms with van der Waals surface area (Å²) < 4.78 is 43.5. The molecule has 0 spiro atoms. The van der Waals surface area contributed by atoms with Crippen molar-refractivity contribution in [2.45, 2.75) is 19.0 Å². The highest BCUT2D eigenvalue weighted by atomic mass is 19.4. The van der Waals surface area contributed by atoms with E-state index in [2.05, 4.69) is 10.6 Å². The molecule has 1 aromatic heterocycles. The van der Waals surface area contributed by atoms with E-state index < -0.39 is 17.8 Å². The summed E-state index contributed by atoms with van der Waals surface area (Å²) in [5.41, 5.74) is 0.183. The van der Waals surface area contributed by atoms with Gasteiger partial charge in [-0.15, -0.1) is 0 Å². The summed E-state index contributed by atoms with van der Waals surface area (Å²) in [6, 6.07) is 13.0. The first-order chi connectivity index (χ1) is 15.3. The fourth-order valence-electron chi connectivity index (χ4n) is 3.74. The number of carbonyl (C=O) groups is 2. The third-order valence-corrected chi connectivity index (χ3v) is 5.56. The number of rotatable bonds is 4. The summed E-state index contributed by atoms with van der Waals surface area (Å²) in [7, 11) is 0. The zero-order chi connectivity index (χ0) is 22.7. The second kappa shape index (κ2) is 8.94. The van der Waals surface area contributed by atoms with Gasteiger partial charge in [-0.25, -0.2) is 4.79 Å². The Balaban J connectivity index is 1.22. The molecule has 1 aliphatic heterocycles. The quantitative estimate of drug-likeness (QED) is 0.585. The van der Waals surface area contributed by atoms with Crippen LogP contribution in [0.3, 0.4) is 0 Å². The van der Waals surface area contributed by atoms with Gasteiger partial charge in [0.15, 0.2) is 5.76 Å². The van der Waals surface area contributed by atoms with Crippen molar-refractivity contribution in [1.82, 2.24) is 10.2 Å². The molecule has 32 heavy (non-hydrogen) atoms. The lowest BCUT2D eigenvalue weighted by atomic mass is 9.96. The lowest BCUT2D eigenvalue weighted by Gasteiger charge is -2.31. The largest absolute Gasteiger partial charge is 0.451 e. The molecule has 6 nitrogen and oxygen atoms in total. The van der Waals surface area contributed by atoms with Crippen LogP contribution in [0.4, 0.5) is 23.7 Å². The van der Waals surface area contributed by atoms with Crippen LogP contribution in [0.25, 0.3) is 11.0 Å². The van der Waals surface area contributed by atoms with Gasteiger partial charge in [0.25, 0.3) is 5.91 Å². The van der Waals surface area contributed by atoms with Crippen molar-refractivity contribution in [2.75, 3.05) is 25.0 Å². The highest BCUT2D eigenvalue weighted by Crippen LogP contribution is 2.30. The van der Waals surface area contributed by atoms with E-state index in [1.54, 1.807) is 11.0 Å². The van der Waals surface area contributed by atoms with Gasteiger partial charge in [0.1, 0.15) is 5.58 Å². The summed E-state index contributed by atoms with van der Waals surface area (Å²) in [4.78, 5) is 26.5. The van der Waals surface area contributed by atoms with E-state index >= 15 is 0 Å². The van der Waals surface area contributed by atoms with Crippen LogP contribution in [0.5, 0.6) is 0 Å². The van der Waals surface area contributed by atoms with Gasteiger partial charge < -0.3 is 20.0 Å². The number of hydrogen-bond acceptors (Lipinski definition) is 3. The maximum absolute atomic E-state index is 12.7. The van der Waals surface area contributed by atoms with E-state index in [4.69, 9.17) is 4.42 Å². The zero-order valence-electron chi connectivity index (χ0n) is 17.1. The number of nitrogens with zero attached hydrogens (tertiary/aromatic N) is 1. The fourth-order valence-corrected chi connectivity index (χ4v) is 3.74. The van der Waals surface area contributed by atoms with Crippen LogP contribution in [-0.2, 0) is 6.18 Å².